The molecule has 1 fully saturated rings. The van der Waals surface area contributed by atoms with Gasteiger partial charge in [0.05, 0.1) is 5.56 Å². The van der Waals surface area contributed by atoms with Gasteiger partial charge in [-0.2, -0.15) is 13.2 Å². The van der Waals surface area contributed by atoms with Gasteiger partial charge < -0.3 is 10.0 Å². The highest BCUT2D eigenvalue weighted by Gasteiger charge is 2.30. The Morgan fingerprint density at radius 2 is 2.04 bits per heavy atom. The molecular weight excluding hydrogens is 303 g/mol. The predicted molar refractivity (Wildman–Crippen MR) is 85.2 cm³/mol. The third kappa shape index (κ3) is 6.15. The van der Waals surface area contributed by atoms with Crippen LogP contribution in [-0.4, -0.2) is 36.2 Å². The fourth-order valence-corrected chi connectivity index (χ4v) is 3.31. The topological polar surface area (TPSA) is 23.5 Å². The van der Waals surface area contributed by atoms with Crippen LogP contribution in [0.3, 0.4) is 0 Å². The van der Waals surface area contributed by atoms with Gasteiger partial charge in [0.25, 0.3) is 0 Å². The van der Waals surface area contributed by atoms with Crippen LogP contribution in [0.15, 0.2) is 24.3 Å². The smallest absolute Gasteiger partial charge is 0.396 e. The van der Waals surface area contributed by atoms with E-state index in [4.69, 9.17) is 5.11 Å². The molecule has 0 bridgehead atoms. The molecule has 1 saturated heterocycles. The Balaban J connectivity index is 1.81. The van der Waals surface area contributed by atoms with E-state index in [0.29, 0.717) is 12.3 Å². The number of hydrogen-bond acceptors (Lipinski definition) is 2. The van der Waals surface area contributed by atoms with Crippen molar-refractivity contribution in [2.45, 2.75) is 44.7 Å². The maximum absolute atomic E-state index is 12.7. The van der Waals surface area contributed by atoms with E-state index in [1.807, 2.05) is 0 Å². The lowest BCUT2D eigenvalue weighted by Crippen LogP contribution is -2.36. The first-order valence-corrected chi connectivity index (χ1v) is 8.48. The number of nitrogens with zero attached hydrogens (tertiary/aromatic N) is 1. The number of alkyl halides is 3. The van der Waals surface area contributed by atoms with E-state index in [0.717, 1.165) is 63.4 Å². The fraction of sp³-hybridized carbons (Fsp3) is 0.667. The molecule has 0 spiro atoms. The number of piperidine rings is 1. The lowest BCUT2D eigenvalue weighted by atomic mass is 9.91. The Hall–Kier alpha value is -1.07. The number of unbranched alkanes of at least 4 members (excludes halogenated alkanes) is 1. The molecule has 1 aliphatic rings. The van der Waals surface area contributed by atoms with Gasteiger partial charge in [0.15, 0.2) is 0 Å². The van der Waals surface area contributed by atoms with Crippen LogP contribution in [0.5, 0.6) is 0 Å². The minimum Gasteiger partial charge on any atom is -0.396 e. The molecule has 1 aliphatic heterocycles. The average molecular weight is 329 g/mol. The van der Waals surface area contributed by atoms with E-state index in [2.05, 4.69) is 4.90 Å². The molecule has 0 aliphatic carbocycles. The van der Waals surface area contributed by atoms with E-state index in [-0.39, 0.29) is 6.61 Å². The highest BCUT2D eigenvalue weighted by atomic mass is 19.4. The van der Waals surface area contributed by atoms with Crippen molar-refractivity contribution < 1.29 is 18.3 Å². The van der Waals surface area contributed by atoms with E-state index in [9.17, 15) is 13.2 Å². The molecule has 0 aromatic heterocycles. The van der Waals surface area contributed by atoms with Crippen LogP contribution in [-0.2, 0) is 12.6 Å². The van der Waals surface area contributed by atoms with Gasteiger partial charge in [0.2, 0.25) is 0 Å². The fourth-order valence-electron chi connectivity index (χ4n) is 3.31. The lowest BCUT2D eigenvalue weighted by molar-refractivity contribution is -0.137. The van der Waals surface area contributed by atoms with Gasteiger partial charge in [-0.25, -0.2) is 0 Å². The van der Waals surface area contributed by atoms with Crippen molar-refractivity contribution in [3.8, 4) is 0 Å². The molecule has 130 valence electrons. The molecular formula is C18H26F3NO. The van der Waals surface area contributed by atoms with E-state index >= 15 is 0 Å². The van der Waals surface area contributed by atoms with Crippen LogP contribution in [0.4, 0.5) is 13.2 Å². The summed E-state index contributed by atoms with van der Waals surface area (Å²) in [5.41, 5.74) is 0.224. The van der Waals surface area contributed by atoms with Crippen molar-refractivity contribution in [3.63, 3.8) is 0 Å². The SMILES string of the molecule is OCCCCN1CCC[C@H](CCc2cccc(C(F)(F)F)c2)C1. The van der Waals surface area contributed by atoms with Crippen LogP contribution in [0.25, 0.3) is 0 Å². The first-order valence-electron chi connectivity index (χ1n) is 8.48. The molecule has 0 saturated carbocycles. The number of halogens is 3. The van der Waals surface area contributed by atoms with Crippen LogP contribution in [0.1, 0.15) is 43.2 Å². The molecule has 0 unspecified atom stereocenters. The van der Waals surface area contributed by atoms with E-state index in [1.54, 1.807) is 6.07 Å². The van der Waals surface area contributed by atoms with Crippen molar-refractivity contribution in [1.82, 2.24) is 4.90 Å². The number of likely N-dealkylation sites (tertiary alicyclic amines) is 1. The van der Waals surface area contributed by atoms with Crippen molar-refractivity contribution in [1.29, 1.82) is 0 Å². The zero-order chi connectivity index (χ0) is 16.7. The van der Waals surface area contributed by atoms with Gasteiger partial charge in [0.1, 0.15) is 0 Å². The van der Waals surface area contributed by atoms with E-state index < -0.39 is 11.7 Å². The molecule has 1 aromatic carbocycles. The highest BCUT2D eigenvalue weighted by Crippen LogP contribution is 2.30. The molecule has 1 heterocycles. The second-order valence-corrected chi connectivity index (χ2v) is 6.48. The number of hydrogen-bond donors (Lipinski definition) is 1. The Labute approximate surface area is 136 Å². The largest absolute Gasteiger partial charge is 0.416 e. The summed E-state index contributed by atoms with van der Waals surface area (Å²) in [4.78, 5) is 2.43. The highest BCUT2D eigenvalue weighted by molar-refractivity contribution is 5.25. The molecule has 2 nitrogen and oxygen atoms in total. The molecule has 2 rings (SSSR count). The summed E-state index contributed by atoms with van der Waals surface area (Å²) in [5, 5.41) is 8.84. The Bertz CT molecular complexity index is 476. The summed E-state index contributed by atoms with van der Waals surface area (Å²) in [6, 6.07) is 5.70. The third-order valence-electron chi connectivity index (χ3n) is 4.58. The molecule has 0 radical (unpaired) electrons. The standard InChI is InChI=1S/C18H26F3NO/c19-18(20,21)17-7-3-5-15(13-17)8-9-16-6-4-11-22(14-16)10-1-2-12-23/h3,5,7,13,16,23H,1-2,4,6,8-12,14H2/t16-/m1/s1. The van der Waals surface area contributed by atoms with Crippen molar-refractivity contribution in [2.75, 3.05) is 26.2 Å². The number of aliphatic hydroxyl groups excluding tert-OH is 1. The maximum Gasteiger partial charge on any atom is 0.416 e. The summed E-state index contributed by atoms with van der Waals surface area (Å²) < 4.78 is 38.2. The van der Waals surface area contributed by atoms with Crippen molar-refractivity contribution in [3.05, 3.63) is 35.4 Å². The van der Waals surface area contributed by atoms with Gasteiger partial charge in [-0.3, -0.25) is 0 Å². The van der Waals surface area contributed by atoms with Crippen LogP contribution in [0.2, 0.25) is 0 Å². The summed E-state index contributed by atoms with van der Waals surface area (Å²) in [5.74, 6) is 0.562. The Kier molecular flexibility index (Phi) is 6.90. The number of aliphatic hydroxyl groups is 1. The van der Waals surface area contributed by atoms with Crippen LogP contribution in [0, 0.1) is 5.92 Å². The molecule has 5 heteroatoms. The second kappa shape index (κ2) is 8.69. The maximum atomic E-state index is 12.7. The number of aryl methyl sites for hydroxylation is 1. The van der Waals surface area contributed by atoms with Crippen LogP contribution >= 0.6 is 0 Å². The molecule has 1 N–H and O–H groups in total. The quantitative estimate of drug-likeness (QED) is 0.761. The first-order chi connectivity index (χ1) is 11.0. The summed E-state index contributed by atoms with van der Waals surface area (Å²) in [6.07, 6.45) is 1.56. The molecule has 0 amide bonds. The molecule has 1 atom stereocenters. The minimum atomic E-state index is -4.26. The van der Waals surface area contributed by atoms with Gasteiger partial charge in [0, 0.05) is 13.2 Å². The summed E-state index contributed by atoms with van der Waals surface area (Å²) >= 11 is 0. The molecule has 1 aromatic rings. The zero-order valence-corrected chi connectivity index (χ0v) is 13.5. The van der Waals surface area contributed by atoms with E-state index in [1.165, 1.54) is 12.1 Å². The average Bonchev–Trinajstić information content (AvgIpc) is 2.53. The third-order valence-corrected chi connectivity index (χ3v) is 4.58. The van der Waals surface area contributed by atoms with Gasteiger partial charge >= 0.3 is 6.18 Å². The summed E-state index contributed by atoms with van der Waals surface area (Å²) in [7, 11) is 0. The van der Waals surface area contributed by atoms with Gasteiger partial charge in [-0.15, -0.1) is 0 Å². The van der Waals surface area contributed by atoms with Gasteiger partial charge in [-0.05, 0) is 69.2 Å². The zero-order valence-electron chi connectivity index (χ0n) is 13.5. The lowest BCUT2D eigenvalue weighted by Gasteiger charge is -2.32. The Morgan fingerprint density at radius 1 is 1.22 bits per heavy atom. The summed E-state index contributed by atoms with van der Waals surface area (Å²) in [6.45, 7) is 3.39. The number of rotatable bonds is 7. The first kappa shape index (κ1) is 18.3. The van der Waals surface area contributed by atoms with Crippen molar-refractivity contribution in [2.24, 2.45) is 5.92 Å². The Morgan fingerprint density at radius 3 is 2.78 bits per heavy atom. The van der Waals surface area contributed by atoms with Crippen LogP contribution < -0.4 is 0 Å². The molecule has 23 heavy (non-hydrogen) atoms. The monoisotopic (exact) mass is 329 g/mol. The second-order valence-electron chi connectivity index (χ2n) is 6.48. The van der Waals surface area contributed by atoms with Crippen molar-refractivity contribution >= 4 is 0 Å². The van der Waals surface area contributed by atoms with Gasteiger partial charge in [-0.1, -0.05) is 18.2 Å². The normalized spacial score (nSPS) is 19.9. The predicted octanol–water partition coefficient (Wildman–Crippen LogP) is 4.12. The number of benzene rings is 1. The minimum absolute atomic E-state index is 0.243.